The van der Waals surface area contributed by atoms with Crippen LogP contribution in [0, 0.1) is 11.8 Å². The molecular formula is C14H22F2N2O. The lowest BCUT2D eigenvalue weighted by Gasteiger charge is -2.36. The van der Waals surface area contributed by atoms with Crippen molar-refractivity contribution in [2.45, 2.75) is 38.0 Å². The smallest absolute Gasteiger partial charge is 0.248 e. The highest BCUT2D eigenvalue weighted by molar-refractivity contribution is 5.81. The van der Waals surface area contributed by atoms with Gasteiger partial charge in [-0.3, -0.25) is 9.69 Å². The van der Waals surface area contributed by atoms with Crippen molar-refractivity contribution >= 4 is 5.91 Å². The number of hydrogen-bond acceptors (Lipinski definition) is 2. The topological polar surface area (TPSA) is 23.6 Å². The van der Waals surface area contributed by atoms with E-state index in [1.165, 1.54) is 0 Å². The van der Waals surface area contributed by atoms with Gasteiger partial charge in [0, 0.05) is 51.5 Å². The van der Waals surface area contributed by atoms with Gasteiger partial charge in [-0.25, -0.2) is 8.78 Å². The summed E-state index contributed by atoms with van der Waals surface area (Å²) in [6.45, 7) is 4.03. The maximum atomic E-state index is 13.1. The molecule has 1 aliphatic heterocycles. The van der Waals surface area contributed by atoms with Crippen molar-refractivity contribution in [3.63, 3.8) is 0 Å². The number of halogens is 2. The maximum absolute atomic E-state index is 13.1. The van der Waals surface area contributed by atoms with Crippen LogP contribution in [-0.2, 0) is 4.79 Å². The van der Waals surface area contributed by atoms with E-state index in [0.29, 0.717) is 18.2 Å². The van der Waals surface area contributed by atoms with Gasteiger partial charge >= 0.3 is 0 Å². The summed E-state index contributed by atoms with van der Waals surface area (Å²) >= 11 is 0. The molecule has 2 saturated carbocycles. The highest BCUT2D eigenvalue weighted by Gasteiger charge is 2.40. The molecule has 0 aromatic rings. The Morgan fingerprint density at radius 1 is 1.11 bits per heavy atom. The lowest BCUT2D eigenvalue weighted by atomic mass is 10.1. The number of alkyl halides is 2. The summed E-state index contributed by atoms with van der Waals surface area (Å²) in [6.07, 6.45) is 2.85. The third-order valence-corrected chi connectivity index (χ3v) is 4.63. The minimum Gasteiger partial charge on any atom is -0.340 e. The van der Waals surface area contributed by atoms with Gasteiger partial charge in [0.15, 0.2) is 0 Å². The number of carbonyl (C=O) groups excluding carboxylic acids is 1. The van der Waals surface area contributed by atoms with E-state index in [2.05, 4.69) is 4.90 Å². The molecule has 5 heteroatoms. The van der Waals surface area contributed by atoms with Crippen molar-refractivity contribution < 1.29 is 13.6 Å². The van der Waals surface area contributed by atoms with Gasteiger partial charge in [-0.15, -0.1) is 0 Å². The van der Waals surface area contributed by atoms with E-state index in [4.69, 9.17) is 0 Å². The molecule has 3 rings (SSSR count). The van der Waals surface area contributed by atoms with Crippen LogP contribution < -0.4 is 0 Å². The van der Waals surface area contributed by atoms with Crippen LogP contribution in [0.2, 0.25) is 0 Å². The van der Waals surface area contributed by atoms with Gasteiger partial charge in [0.1, 0.15) is 0 Å². The molecule has 1 heterocycles. The van der Waals surface area contributed by atoms with Crippen molar-refractivity contribution in [1.29, 1.82) is 0 Å². The first kappa shape index (κ1) is 13.3. The van der Waals surface area contributed by atoms with E-state index < -0.39 is 5.92 Å². The largest absolute Gasteiger partial charge is 0.340 e. The fourth-order valence-electron chi connectivity index (χ4n) is 3.30. The Kier molecular flexibility index (Phi) is 3.50. The molecule has 3 fully saturated rings. The minimum atomic E-state index is -2.44. The Morgan fingerprint density at radius 3 is 2.32 bits per heavy atom. The van der Waals surface area contributed by atoms with E-state index in [1.807, 2.05) is 4.90 Å². The Hall–Kier alpha value is -0.710. The highest BCUT2D eigenvalue weighted by atomic mass is 19.3. The Morgan fingerprint density at radius 2 is 1.79 bits per heavy atom. The van der Waals surface area contributed by atoms with Gasteiger partial charge in [-0.1, -0.05) is 0 Å². The third-order valence-electron chi connectivity index (χ3n) is 4.63. The van der Waals surface area contributed by atoms with Crippen LogP contribution in [0.25, 0.3) is 0 Å². The van der Waals surface area contributed by atoms with Crippen molar-refractivity contribution in [3.05, 3.63) is 0 Å². The van der Waals surface area contributed by atoms with E-state index in [-0.39, 0.29) is 18.8 Å². The molecule has 1 saturated heterocycles. The first-order valence-electron chi connectivity index (χ1n) is 7.42. The summed E-state index contributed by atoms with van der Waals surface area (Å²) in [5.41, 5.74) is 0. The summed E-state index contributed by atoms with van der Waals surface area (Å²) in [6, 6.07) is 0. The normalized spacial score (nSPS) is 31.7. The van der Waals surface area contributed by atoms with Crippen molar-refractivity contribution in [1.82, 2.24) is 9.80 Å². The molecular weight excluding hydrogens is 250 g/mol. The number of rotatable bonds is 3. The number of amides is 1. The minimum absolute atomic E-state index is 0.0498. The predicted octanol–water partition coefficient (Wildman–Crippen LogP) is 1.98. The fraction of sp³-hybridized carbons (Fsp3) is 0.929. The van der Waals surface area contributed by atoms with Gasteiger partial charge < -0.3 is 4.90 Å². The molecule has 0 radical (unpaired) electrons. The SMILES string of the molecule is O=C(C1CC1)N1CCN(CC2CCC(F)(F)C2)CC1. The lowest BCUT2D eigenvalue weighted by molar-refractivity contribution is -0.134. The quantitative estimate of drug-likeness (QED) is 0.784. The van der Waals surface area contributed by atoms with Crippen LogP contribution in [0.3, 0.4) is 0 Å². The first-order valence-corrected chi connectivity index (χ1v) is 7.42. The lowest BCUT2D eigenvalue weighted by Crippen LogP contribution is -2.50. The molecule has 19 heavy (non-hydrogen) atoms. The van der Waals surface area contributed by atoms with Crippen molar-refractivity contribution in [3.8, 4) is 0 Å². The molecule has 108 valence electrons. The molecule has 3 aliphatic rings. The summed E-state index contributed by atoms with van der Waals surface area (Å²) in [7, 11) is 0. The molecule has 0 N–H and O–H groups in total. The molecule has 2 aliphatic carbocycles. The average molecular weight is 272 g/mol. The molecule has 3 nitrogen and oxygen atoms in total. The second kappa shape index (κ2) is 5.00. The third kappa shape index (κ3) is 3.25. The van der Waals surface area contributed by atoms with E-state index in [9.17, 15) is 13.6 Å². The van der Waals surface area contributed by atoms with Crippen LogP contribution in [0.4, 0.5) is 8.78 Å². The standard InChI is InChI=1S/C14H22F2N2O/c15-14(16)4-3-11(9-14)10-17-5-7-18(8-6-17)13(19)12-1-2-12/h11-12H,1-10H2. The number of piperazine rings is 1. The Balaban J connectivity index is 1.42. The van der Waals surface area contributed by atoms with Crippen molar-refractivity contribution in [2.24, 2.45) is 11.8 Å². The second-order valence-electron chi connectivity index (χ2n) is 6.36. The van der Waals surface area contributed by atoms with E-state index >= 15 is 0 Å². The van der Waals surface area contributed by atoms with Crippen LogP contribution in [0.15, 0.2) is 0 Å². The van der Waals surface area contributed by atoms with Gasteiger partial charge in [0.05, 0.1) is 0 Å². The molecule has 0 bridgehead atoms. The van der Waals surface area contributed by atoms with E-state index in [0.717, 1.165) is 45.6 Å². The van der Waals surface area contributed by atoms with Gasteiger partial charge in [0.2, 0.25) is 11.8 Å². The summed E-state index contributed by atoms with van der Waals surface area (Å²) < 4.78 is 26.3. The monoisotopic (exact) mass is 272 g/mol. The zero-order chi connectivity index (χ0) is 13.5. The van der Waals surface area contributed by atoms with Gasteiger partial charge in [-0.2, -0.15) is 0 Å². The van der Waals surface area contributed by atoms with E-state index in [1.54, 1.807) is 0 Å². The van der Waals surface area contributed by atoms with Gasteiger partial charge in [-0.05, 0) is 25.2 Å². The average Bonchev–Trinajstić information content (AvgIpc) is 3.15. The van der Waals surface area contributed by atoms with Crippen LogP contribution in [0.5, 0.6) is 0 Å². The van der Waals surface area contributed by atoms with Crippen LogP contribution in [0.1, 0.15) is 32.1 Å². The summed E-state index contributed by atoms with van der Waals surface area (Å²) in [4.78, 5) is 16.1. The van der Waals surface area contributed by atoms with Gasteiger partial charge in [0.25, 0.3) is 0 Å². The Bertz CT molecular complexity index is 349. The predicted molar refractivity (Wildman–Crippen MR) is 68.0 cm³/mol. The maximum Gasteiger partial charge on any atom is 0.248 e. The molecule has 0 spiro atoms. The van der Waals surface area contributed by atoms with Crippen molar-refractivity contribution in [2.75, 3.05) is 32.7 Å². The van der Waals surface area contributed by atoms with Crippen LogP contribution in [-0.4, -0.2) is 54.4 Å². The number of carbonyl (C=O) groups is 1. The number of hydrogen-bond donors (Lipinski definition) is 0. The first-order chi connectivity index (χ1) is 9.03. The Labute approximate surface area is 112 Å². The zero-order valence-corrected chi connectivity index (χ0v) is 11.3. The zero-order valence-electron chi connectivity index (χ0n) is 11.3. The molecule has 1 atom stereocenters. The second-order valence-corrected chi connectivity index (χ2v) is 6.36. The summed E-state index contributed by atoms with van der Waals surface area (Å²) in [5.74, 6) is -1.69. The number of nitrogens with zero attached hydrogens (tertiary/aromatic N) is 2. The fourth-order valence-corrected chi connectivity index (χ4v) is 3.30. The van der Waals surface area contributed by atoms with Crippen LogP contribution >= 0.6 is 0 Å². The molecule has 1 amide bonds. The molecule has 1 unspecified atom stereocenters. The summed E-state index contributed by atoms with van der Waals surface area (Å²) in [5, 5.41) is 0. The molecule has 0 aromatic carbocycles. The highest BCUT2D eigenvalue weighted by Crippen LogP contribution is 2.39. The molecule has 0 aromatic heterocycles.